The molecule has 2 aromatic carbocycles. The van der Waals surface area contributed by atoms with E-state index in [1.165, 1.54) is 22.9 Å². The third-order valence-electron chi connectivity index (χ3n) is 3.51. The zero-order chi connectivity index (χ0) is 17.8. The molecule has 8 heteroatoms. The molecular formula is C17H13ClN4O3. The Kier molecular flexibility index (Phi) is 4.76. The van der Waals surface area contributed by atoms with E-state index in [0.717, 1.165) is 11.3 Å². The molecule has 126 valence electrons. The van der Waals surface area contributed by atoms with E-state index >= 15 is 0 Å². The van der Waals surface area contributed by atoms with Gasteiger partial charge in [0.25, 0.3) is 5.69 Å². The van der Waals surface area contributed by atoms with Crippen molar-refractivity contribution >= 4 is 28.7 Å². The number of rotatable bonds is 5. The Bertz CT molecular complexity index is 987. The number of halogens is 1. The van der Waals surface area contributed by atoms with Crippen molar-refractivity contribution in [2.24, 2.45) is 0 Å². The quantitative estimate of drug-likeness (QED) is 0.557. The minimum absolute atomic E-state index is 0.0692. The molecule has 0 unspecified atom stereocenters. The lowest BCUT2D eigenvalue weighted by atomic mass is 10.2. The Morgan fingerprint density at radius 3 is 2.76 bits per heavy atom. The lowest BCUT2D eigenvalue weighted by Crippen LogP contribution is -2.21. The molecule has 3 rings (SSSR count). The number of non-ortho nitro benzene ring substituents is 1. The van der Waals surface area contributed by atoms with Crippen LogP contribution in [0.4, 0.5) is 17.1 Å². The number of nitrogens with zero attached hydrogens (tertiary/aromatic N) is 3. The van der Waals surface area contributed by atoms with Gasteiger partial charge in [0.1, 0.15) is 0 Å². The van der Waals surface area contributed by atoms with Gasteiger partial charge in [0.05, 0.1) is 22.2 Å². The van der Waals surface area contributed by atoms with E-state index in [2.05, 4.69) is 10.3 Å². The minimum Gasteiger partial charge on any atom is -0.354 e. The summed E-state index contributed by atoms with van der Waals surface area (Å²) in [5.41, 5.74) is 1.82. The Morgan fingerprint density at radius 1 is 1.20 bits per heavy atom. The summed E-state index contributed by atoms with van der Waals surface area (Å²) in [6.45, 7) is 0.385. The molecule has 0 amide bonds. The zero-order valence-corrected chi connectivity index (χ0v) is 13.7. The highest BCUT2D eigenvalue weighted by Crippen LogP contribution is 2.29. The normalized spacial score (nSPS) is 10.4. The number of hydrogen-bond acceptors (Lipinski definition) is 5. The number of anilines is 2. The van der Waals surface area contributed by atoms with Gasteiger partial charge in [-0.25, -0.2) is 9.78 Å². The molecule has 0 bridgehead atoms. The summed E-state index contributed by atoms with van der Waals surface area (Å²) >= 11 is 6.09. The molecule has 0 fully saturated rings. The summed E-state index contributed by atoms with van der Waals surface area (Å²) in [5, 5.41) is 14.1. The Hall–Kier alpha value is -3.19. The van der Waals surface area contributed by atoms with Crippen molar-refractivity contribution in [2.75, 3.05) is 5.32 Å². The van der Waals surface area contributed by atoms with Crippen molar-refractivity contribution in [2.45, 2.75) is 6.54 Å². The van der Waals surface area contributed by atoms with Gasteiger partial charge in [0.2, 0.25) is 0 Å². The average Bonchev–Trinajstić information content (AvgIpc) is 2.59. The SMILES string of the molecule is O=c1ncccn1Cc1cccc(Nc2ccc([N+](=O)[O-])cc2Cl)c1. The van der Waals surface area contributed by atoms with E-state index < -0.39 is 4.92 Å². The van der Waals surface area contributed by atoms with Crippen molar-refractivity contribution in [3.8, 4) is 0 Å². The van der Waals surface area contributed by atoms with Crippen LogP contribution >= 0.6 is 11.6 Å². The standard InChI is InChI=1S/C17H13ClN4O3/c18-15-10-14(22(24)25)5-6-16(15)20-13-4-1-3-12(9-13)11-21-8-2-7-19-17(21)23/h1-10,20H,11H2. The average molecular weight is 357 g/mol. The highest BCUT2D eigenvalue weighted by molar-refractivity contribution is 6.33. The first-order valence-electron chi connectivity index (χ1n) is 7.34. The predicted molar refractivity (Wildman–Crippen MR) is 95.4 cm³/mol. The second kappa shape index (κ2) is 7.14. The number of hydrogen-bond donors (Lipinski definition) is 1. The summed E-state index contributed by atoms with van der Waals surface area (Å²) in [5.74, 6) is 0. The van der Waals surface area contributed by atoms with Gasteiger partial charge >= 0.3 is 5.69 Å². The van der Waals surface area contributed by atoms with Gasteiger partial charge in [-0.3, -0.25) is 14.7 Å². The third-order valence-corrected chi connectivity index (χ3v) is 3.82. The molecule has 0 aliphatic heterocycles. The Morgan fingerprint density at radius 2 is 2.04 bits per heavy atom. The van der Waals surface area contributed by atoms with Gasteiger partial charge in [-0.2, -0.15) is 0 Å². The van der Waals surface area contributed by atoms with Crippen LogP contribution in [0.25, 0.3) is 0 Å². The van der Waals surface area contributed by atoms with E-state index in [4.69, 9.17) is 11.6 Å². The number of nitrogens with one attached hydrogen (secondary N) is 1. The predicted octanol–water partition coefficient (Wildman–Crippen LogP) is 3.60. The molecule has 0 aliphatic rings. The monoisotopic (exact) mass is 356 g/mol. The number of benzene rings is 2. The van der Waals surface area contributed by atoms with E-state index in [0.29, 0.717) is 12.2 Å². The van der Waals surface area contributed by atoms with Crippen molar-refractivity contribution in [3.63, 3.8) is 0 Å². The lowest BCUT2D eigenvalue weighted by Gasteiger charge is -2.10. The number of nitro groups is 1. The fourth-order valence-electron chi connectivity index (χ4n) is 2.33. The minimum atomic E-state index is -0.498. The first kappa shape index (κ1) is 16.7. The zero-order valence-electron chi connectivity index (χ0n) is 12.9. The second-order valence-corrected chi connectivity index (χ2v) is 5.68. The fraction of sp³-hybridized carbons (Fsp3) is 0.0588. The van der Waals surface area contributed by atoms with Crippen LogP contribution in [-0.2, 0) is 6.54 Å². The third kappa shape index (κ3) is 4.02. The van der Waals surface area contributed by atoms with Crippen LogP contribution in [0, 0.1) is 10.1 Å². The maximum atomic E-state index is 11.7. The van der Waals surface area contributed by atoms with Crippen LogP contribution in [0.5, 0.6) is 0 Å². The molecule has 0 saturated carbocycles. The molecule has 0 aliphatic carbocycles. The first-order chi connectivity index (χ1) is 12.0. The van der Waals surface area contributed by atoms with E-state index in [1.807, 2.05) is 24.3 Å². The largest absolute Gasteiger partial charge is 0.354 e. The van der Waals surface area contributed by atoms with Crippen molar-refractivity contribution in [1.29, 1.82) is 0 Å². The summed E-state index contributed by atoms with van der Waals surface area (Å²) in [7, 11) is 0. The van der Waals surface area contributed by atoms with Crippen LogP contribution in [0.15, 0.2) is 65.7 Å². The molecular weight excluding hydrogens is 344 g/mol. The molecule has 1 aromatic heterocycles. The van der Waals surface area contributed by atoms with Crippen LogP contribution in [0.1, 0.15) is 5.56 Å². The summed E-state index contributed by atoms with van der Waals surface area (Å²) in [4.78, 5) is 25.7. The number of nitro benzene ring substituents is 1. The lowest BCUT2D eigenvalue weighted by molar-refractivity contribution is -0.384. The van der Waals surface area contributed by atoms with Gasteiger partial charge in [0.15, 0.2) is 0 Å². The molecule has 7 nitrogen and oxygen atoms in total. The topological polar surface area (TPSA) is 90.1 Å². The van der Waals surface area contributed by atoms with Gasteiger partial charge < -0.3 is 5.32 Å². The van der Waals surface area contributed by atoms with E-state index in [1.54, 1.807) is 18.3 Å². The van der Waals surface area contributed by atoms with Gasteiger partial charge in [-0.05, 0) is 29.8 Å². The fourth-order valence-corrected chi connectivity index (χ4v) is 2.55. The van der Waals surface area contributed by atoms with Crippen molar-refractivity contribution in [3.05, 3.63) is 92.1 Å². The molecule has 1 heterocycles. The van der Waals surface area contributed by atoms with Gasteiger partial charge in [0, 0.05) is 30.2 Å². The van der Waals surface area contributed by atoms with E-state index in [-0.39, 0.29) is 16.4 Å². The highest BCUT2D eigenvalue weighted by Gasteiger charge is 2.09. The van der Waals surface area contributed by atoms with E-state index in [9.17, 15) is 14.9 Å². The second-order valence-electron chi connectivity index (χ2n) is 5.28. The highest BCUT2D eigenvalue weighted by atomic mass is 35.5. The maximum Gasteiger partial charge on any atom is 0.347 e. The number of aromatic nitrogens is 2. The molecule has 0 saturated heterocycles. The molecule has 0 radical (unpaired) electrons. The van der Waals surface area contributed by atoms with Gasteiger partial charge in [-0.15, -0.1) is 0 Å². The van der Waals surface area contributed by atoms with Crippen molar-refractivity contribution in [1.82, 2.24) is 9.55 Å². The summed E-state index contributed by atoms with van der Waals surface area (Å²) < 4.78 is 1.50. The smallest absolute Gasteiger partial charge is 0.347 e. The Balaban J connectivity index is 1.81. The van der Waals surface area contributed by atoms with Crippen LogP contribution in [0.2, 0.25) is 5.02 Å². The molecule has 0 spiro atoms. The maximum absolute atomic E-state index is 11.7. The van der Waals surface area contributed by atoms with Crippen LogP contribution in [0.3, 0.4) is 0 Å². The molecule has 0 atom stereocenters. The van der Waals surface area contributed by atoms with Crippen LogP contribution in [-0.4, -0.2) is 14.5 Å². The molecule has 3 aromatic rings. The van der Waals surface area contributed by atoms with Crippen LogP contribution < -0.4 is 11.0 Å². The van der Waals surface area contributed by atoms with Gasteiger partial charge in [-0.1, -0.05) is 23.7 Å². The Labute approximate surface area is 147 Å². The molecule has 1 N–H and O–H groups in total. The molecule has 25 heavy (non-hydrogen) atoms. The summed E-state index contributed by atoms with van der Waals surface area (Å²) in [6.07, 6.45) is 3.12. The van der Waals surface area contributed by atoms with Crippen molar-refractivity contribution < 1.29 is 4.92 Å². The summed E-state index contributed by atoms with van der Waals surface area (Å²) in [6, 6.07) is 13.4. The first-order valence-corrected chi connectivity index (χ1v) is 7.72.